The molecule has 5 nitrogen and oxygen atoms in total. The molecule has 2 amide bonds. The van der Waals surface area contributed by atoms with E-state index in [1.165, 1.54) is 37.5 Å². The predicted octanol–water partition coefficient (Wildman–Crippen LogP) is 2.64. The Hall–Kier alpha value is -1.66. The second kappa shape index (κ2) is 7.92. The summed E-state index contributed by atoms with van der Waals surface area (Å²) in [4.78, 5) is 26.6. The fourth-order valence-corrected chi connectivity index (χ4v) is 4.12. The first-order valence-corrected chi connectivity index (χ1v) is 9.51. The largest absolute Gasteiger partial charge is 0.372 e. The molecule has 26 heavy (non-hydrogen) atoms. The number of carbonyl (C=O) groups is 2. The van der Waals surface area contributed by atoms with Crippen molar-refractivity contribution in [2.24, 2.45) is 5.92 Å². The first-order valence-electron chi connectivity index (χ1n) is 9.13. The summed E-state index contributed by atoms with van der Waals surface area (Å²) in [5.74, 6) is -1.32. The average Bonchev–Trinajstić information content (AvgIpc) is 2.89. The minimum atomic E-state index is -2.04. The molecule has 1 saturated heterocycles. The fraction of sp³-hybridized carbons (Fsp3) is 0.579. The van der Waals surface area contributed by atoms with Gasteiger partial charge in [-0.3, -0.25) is 9.59 Å². The molecule has 2 aliphatic rings. The molecule has 1 heterocycles. The van der Waals surface area contributed by atoms with Crippen molar-refractivity contribution in [2.75, 3.05) is 13.1 Å². The van der Waals surface area contributed by atoms with E-state index in [0.29, 0.717) is 24.6 Å². The van der Waals surface area contributed by atoms with Gasteiger partial charge in [0.25, 0.3) is 11.8 Å². The lowest BCUT2D eigenvalue weighted by Crippen LogP contribution is -2.52. The molecule has 1 aromatic carbocycles. The van der Waals surface area contributed by atoms with Crippen LogP contribution >= 0.6 is 11.6 Å². The summed E-state index contributed by atoms with van der Waals surface area (Å²) in [6, 6.07) is 3.95. The number of carbonyl (C=O) groups excluding carboxylic acids is 2. The first kappa shape index (κ1) is 19.1. The van der Waals surface area contributed by atoms with Gasteiger partial charge in [-0.2, -0.15) is 0 Å². The van der Waals surface area contributed by atoms with Crippen molar-refractivity contribution in [3.05, 3.63) is 34.6 Å². The Bertz CT molecular complexity index is 673. The van der Waals surface area contributed by atoms with Crippen molar-refractivity contribution < 1.29 is 19.1 Å². The highest BCUT2D eigenvalue weighted by molar-refractivity contribution is 6.30. The summed E-state index contributed by atoms with van der Waals surface area (Å²) in [6.45, 7) is 0.980. The van der Waals surface area contributed by atoms with Crippen molar-refractivity contribution in [3.63, 3.8) is 0 Å². The van der Waals surface area contributed by atoms with E-state index in [4.69, 9.17) is 11.6 Å². The molecule has 2 fully saturated rings. The molecule has 1 saturated carbocycles. The van der Waals surface area contributed by atoms with E-state index in [-0.39, 0.29) is 18.0 Å². The lowest BCUT2D eigenvalue weighted by molar-refractivity contribution is -0.154. The van der Waals surface area contributed by atoms with Crippen LogP contribution in [-0.2, 0) is 16.1 Å². The molecule has 1 aliphatic carbocycles. The second-order valence-electron chi connectivity index (χ2n) is 7.33. The van der Waals surface area contributed by atoms with E-state index in [0.717, 1.165) is 12.8 Å². The van der Waals surface area contributed by atoms with Gasteiger partial charge in [-0.25, -0.2) is 4.39 Å². The van der Waals surface area contributed by atoms with Gasteiger partial charge in [-0.05, 0) is 42.5 Å². The van der Waals surface area contributed by atoms with Crippen LogP contribution in [0.1, 0.15) is 44.1 Å². The summed E-state index contributed by atoms with van der Waals surface area (Å²) in [5.41, 5.74) is -1.57. The molecule has 0 radical (unpaired) electrons. The first-order chi connectivity index (χ1) is 12.4. The van der Waals surface area contributed by atoms with E-state index in [9.17, 15) is 19.1 Å². The van der Waals surface area contributed by atoms with Gasteiger partial charge in [0.1, 0.15) is 5.82 Å². The number of aliphatic hydroxyl groups is 1. The zero-order chi connectivity index (χ0) is 18.7. The van der Waals surface area contributed by atoms with Crippen molar-refractivity contribution in [3.8, 4) is 0 Å². The third-order valence-corrected chi connectivity index (χ3v) is 5.56. The number of hydrogen-bond acceptors (Lipinski definition) is 3. The van der Waals surface area contributed by atoms with Gasteiger partial charge in [0, 0.05) is 31.1 Å². The Morgan fingerprint density at radius 2 is 2.04 bits per heavy atom. The summed E-state index contributed by atoms with van der Waals surface area (Å²) < 4.78 is 13.4. The van der Waals surface area contributed by atoms with Crippen LogP contribution < -0.4 is 5.32 Å². The van der Waals surface area contributed by atoms with Crippen LogP contribution in [0.15, 0.2) is 18.2 Å². The van der Waals surface area contributed by atoms with Crippen molar-refractivity contribution in [2.45, 2.75) is 50.7 Å². The van der Waals surface area contributed by atoms with Crippen LogP contribution in [0.4, 0.5) is 4.39 Å². The molecule has 1 unspecified atom stereocenters. The topological polar surface area (TPSA) is 69.6 Å². The summed E-state index contributed by atoms with van der Waals surface area (Å²) in [7, 11) is 0. The molecule has 1 aromatic rings. The molecule has 2 N–H and O–H groups in total. The number of likely N-dealkylation sites (tertiary alicyclic amines) is 1. The van der Waals surface area contributed by atoms with Crippen molar-refractivity contribution in [1.82, 2.24) is 10.2 Å². The molecule has 0 spiro atoms. The quantitative estimate of drug-likeness (QED) is 0.769. The van der Waals surface area contributed by atoms with Gasteiger partial charge in [0.2, 0.25) is 5.60 Å². The van der Waals surface area contributed by atoms with E-state index >= 15 is 0 Å². The van der Waals surface area contributed by atoms with Crippen molar-refractivity contribution in [1.29, 1.82) is 0 Å². The summed E-state index contributed by atoms with van der Waals surface area (Å²) in [6.07, 6.45) is 5.85. The van der Waals surface area contributed by atoms with Crippen LogP contribution in [-0.4, -0.2) is 40.5 Å². The van der Waals surface area contributed by atoms with E-state index in [1.807, 2.05) is 0 Å². The number of rotatable bonds is 5. The highest BCUT2D eigenvalue weighted by Crippen LogP contribution is 2.29. The maximum absolute atomic E-state index is 13.4. The zero-order valence-corrected chi connectivity index (χ0v) is 15.4. The summed E-state index contributed by atoms with van der Waals surface area (Å²) in [5, 5.41) is 13.4. The number of hydrogen-bond donors (Lipinski definition) is 2. The maximum atomic E-state index is 13.4. The minimum absolute atomic E-state index is 0.00543. The molecule has 3 rings (SSSR count). The molecule has 142 valence electrons. The SMILES string of the molecule is O=C(NCc1cc(F)cc(Cl)c1)C1(O)CCN(CC2CCCCC2)C1=O. The van der Waals surface area contributed by atoms with E-state index in [1.54, 1.807) is 4.90 Å². The second-order valence-corrected chi connectivity index (χ2v) is 7.76. The summed E-state index contributed by atoms with van der Waals surface area (Å²) >= 11 is 5.79. The third kappa shape index (κ3) is 4.18. The number of nitrogens with zero attached hydrogens (tertiary/aromatic N) is 1. The molecular formula is C19H24ClFN2O3. The van der Waals surface area contributed by atoms with Crippen LogP contribution in [0.25, 0.3) is 0 Å². The highest BCUT2D eigenvalue weighted by Gasteiger charge is 2.51. The van der Waals surface area contributed by atoms with Crippen LogP contribution in [0.5, 0.6) is 0 Å². The van der Waals surface area contributed by atoms with Gasteiger partial charge in [-0.15, -0.1) is 0 Å². The number of halogens is 2. The highest BCUT2D eigenvalue weighted by atomic mass is 35.5. The van der Waals surface area contributed by atoms with E-state index < -0.39 is 23.2 Å². The normalized spacial score (nSPS) is 24.1. The smallest absolute Gasteiger partial charge is 0.264 e. The molecule has 1 atom stereocenters. The predicted molar refractivity (Wildman–Crippen MR) is 96.0 cm³/mol. The van der Waals surface area contributed by atoms with Gasteiger partial charge in [0.15, 0.2) is 0 Å². The Balaban J connectivity index is 1.58. The lowest BCUT2D eigenvalue weighted by Gasteiger charge is -2.28. The monoisotopic (exact) mass is 382 g/mol. The number of benzene rings is 1. The van der Waals surface area contributed by atoms with Crippen LogP contribution in [0, 0.1) is 11.7 Å². The average molecular weight is 383 g/mol. The third-order valence-electron chi connectivity index (χ3n) is 5.34. The van der Waals surface area contributed by atoms with Gasteiger partial charge < -0.3 is 15.3 Å². The zero-order valence-electron chi connectivity index (χ0n) is 14.6. The van der Waals surface area contributed by atoms with Crippen LogP contribution in [0.2, 0.25) is 5.02 Å². The minimum Gasteiger partial charge on any atom is -0.372 e. The van der Waals surface area contributed by atoms with Gasteiger partial charge in [0.05, 0.1) is 0 Å². The fourth-order valence-electron chi connectivity index (χ4n) is 3.87. The van der Waals surface area contributed by atoms with Crippen molar-refractivity contribution >= 4 is 23.4 Å². The Labute approximate surface area is 157 Å². The molecule has 1 aliphatic heterocycles. The lowest BCUT2D eigenvalue weighted by atomic mass is 9.89. The Morgan fingerprint density at radius 1 is 1.31 bits per heavy atom. The van der Waals surface area contributed by atoms with E-state index in [2.05, 4.69) is 5.32 Å². The Morgan fingerprint density at radius 3 is 2.73 bits per heavy atom. The molecule has 0 aromatic heterocycles. The van der Waals surface area contributed by atoms with Gasteiger partial charge in [-0.1, -0.05) is 30.9 Å². The Kier molecular flexibility index (Phi) is 5.82. The maximum Gasteiger partial charge on any atom is 0.264 e. The molecule has 7 heteroatoms. The van der Waals surface area contributed by atoms with Gasteiger partial charge >= 0.3 is 0 Å². The number of nitrogens with one attached hydrogen (secondary N) is 1. The van der Waals surface area contributed by atoms with Crippen LogP contribution in [0.3, 0.4) is 0 Å². The standard InChI is InChI=1S/C19H24ClFN2O3/c20-15-8-14(9-16(21)10-15)11-22-17(24)19(26)6-7-23(18(19)25)12-13-4-2-1-3-5-13/h8-10,13,26H,1-7,11-12H2,(H,22,24). The molecule has 0 bridgehead atoms. The molecular weight excluding hydrogens is 359 g/mol. The number of amides is 2.